The van der Waals surface area contributed by atoms with Crippen LogP contribution in [0.2, 0.25) is 0 Å². The Bertz CT molecular complexity index is 138. The zero-order chi connectivity index (χ0) is 8.69. The van der Waals surface area contributed by atoms with E-state index in [0.717, 1.165) is 12.2 Å². The van der Waals surface area contributed by atoms with Crippen LogP contribution >= 0.6 is 0 Å². The van der Waals surface area contributed by atoms with Crippen LogP contribution in [0.3, 0.4) is 0 Å². The van der Waals surface area contributed by atoms with E-state index in [4.69, 9.17) is 0 Å². The Morgan fingerprint density at radius 2 is 2.27 bits per heavy atom. The molecule has 0 aliphatic rings. The lowest BCUT2D eigenvalue weighted by molar-refractivity contribution is 0.627. The lowest BCUT2D eigenvalue weighted by atomic mass is 10.2. The van der Waals surface area contributed by atoms with Gasteiger partial charge in [-0.1, -0.05) is 20.4 Å². The third-order valence-electron chi connectivity index (χ3n) is 0.937. The highest BCUT2D eigenvalue weighted by atomic mass is 15.3. The summed E-state index contributed by atoms with van der Waals surface area (Å²) in [5, 5.41) is 6.90. The zero-order valence-electron chi connectivity index (χ0n) is 7.52. The average Bonchev–Trinajstić information content (AvgIpc) is 1.85. The van der Waals surface area contributed by atoms with Crippen LogP contribution in [0.4, 0.5) is 0 Å². The van der Waals surface area contributed by atoms with Crippen molar-refractivity contribution < 1.29 is 0 Å². The summed E-state index contributed by atoms with van der Waals surface area (Å²) in [6.45, 7) is 10.7. The summed E-state index contributed by atoms with van der Waals surface area (Å²) in [5.41, 5.74) is 3.57. The van der Waals surface area contributed by atoms with Gasteiger partial charge in [0.1, 0.15) is 6.34 Å². The molecule has 2 N–H and O–H groups in total. The van der Waals surface area contributed by atoms with Crippen molar-refractivity contribution in [3.8, 4) is 0 Å². The molecule has 3 nitrogen and oxygen atoms in total. The van der Waals surface area contributed by atoms with Crippen molar-refractivity contribution in [1.82, 2.24) is 10.7 Å². The topological polar surface area (TPSA) is 36.4 Å². The molecule has 0 aromatic rings. The summed E-state index contributed by atoms with van der Waals surface area (Å²) in [5.74, 6) is 0.645. The van der Waals surface area contributed by atoms with Gasteiger partial charge in [0.25, 0.3) is 0 Å². The number of hydrogen-bond donors (Lipinski definition) is 2. The van der Waals surface area contributed by atoms with Crippen LogP contribution < -0.4 is 10.7 Å². The number of allylic oxidation sites excluding steroid dienone is 1. The van der Waals surface area contributed by atoms with Crippen molar-refractivity contribution in [1.29, 1.82) is 0 Å². The van der Waals surface area contributed by atoms with Gasteiger partial charge in [-0.2, -0.15) is 5.10 Å². The maximum atomic E-state index is 3.86. The molecule has 64 valence electrons. The minimum atomic E-state index is 0.645. The minimum absolute atomic E-state index is 0.645. The molecule has 11 heavy (non-hydrogen) atoms. The van der Waals surface area contributed by atoms with Crippen LogP contribution in [-0.4, -0.2) is 12.9 Å². The Balaban J connectivity index is 3.23. The summed E-state index contributed by atoms with van der Waals surface area (Å²) < 4.78 is 0. The Morgan fingerprint density at radius 3 is 2.73 bits per heavy atom. The highest BCUT2D eigenvalue weighted by Crippen LogP contribution is 1.84. The molecular formula is C8H17N3. The zero-order valence-corrected chi connectivity index (χ0v) is 7.52. The molecule has 0 saturated carbocycles. The van der Waals surface area contributed by atoms with Gasteiger partial charge in [0.15, 0.2) is 0 Å². The van der Waals surface area contributed by atoms with Gasteiger partial charge in [-0.3, -0.25) is 5.43 Å². The smallest absolute Gasteiger partial charge is 0.109 e. The van der Waals surface area contributed by atoms with E-state index in [1.165, 1.54) is 0 Å². The molecule has 0 bridgehead atoms. The second kappa shape index (κ2) is 5.77. The van der Waals surface area contributed by atoms with Crippen molar-refractivity contribution >= 4 is 6.34 Å². The maximum Gasteiger partial charge on any atom is 0.109 e. The molecule has 0 aliphatic carbocycles. The molecule has 0 rings (SSSR count). The number of nitrogens with zero attached hydrogens (tertiary/aromatic N) is 1. The first-order valence-corrected chi connectivity index (χ1v) is 3.79. The quantitative estimate of drug-likeness (QED) is 0.356. The molecule has 0 aromatic heterocycles. The number of hydrazone groups is 1. The normalized spacial score (nSPS) is 10.5. The van der Waals surface area contributed by atoms with Gasteiger partial charge in [0, 0.05) is 12.2 Å². The Morgan fingerprint density at radius 1 is 1.64 bits per heavy atom. The predicted molar refractivity (Wildman–Crippen MR) is 49.3 cm³/mol. The van der Waals surface area contributed by atoms with E-state index in [0.29, 0.717) is 5.92 Å². The van der Waals surface area contributed by atoms with Crippen LogP contribution in [0.5, 0.6) is 0 Å². The van der Waals surface area contributed by atoms with Crippen molar-refractivity contribution in [2.75, 3.05) is 6.54 Å². The molecule has 0 amide bonds. The Labute approximate surface area is 68.6 Å². The molecule has 0 aromatic carbocycles. The summed E-state index contributed by atoms with van der Waals surface area (Å²) in [6.07, 6.45) is 1.65. The largest absolute Gasteiger partial charge is 0.374 e. The van der Waals surface area contributed by atoms with E-state index >= 15 is 0 Å². The lowest BCUT2D eigenvalue weighted by Gasteiger charge is -2.02. The molecule has 0 aliphatic heterocycles. The highest BCUT2D eigenvalue weighted by Gasteiger charge is 1.87. The van der Waals surface area contributed by atoms with Crippen LogP contribution in [0.15, 0.2) is 17.4 Å². The summed E-state index contributed by atoms with van der Waals surface area (Å²) in [4.78, 5) is 0. The molecule has 0 spiro atoms. The van der Waals surface area contributed by atoms with Crippen molar-refractivity contribution in [2.24, 2.45) is 11.0 Å². The molecule has 0 heterocycles. The SMILES string of the molecule is C=C(C)N/N=C\NCC(C)C. The molecule has 0 unspecified atom stereocenters. The first kappa shape index (κ1) is 10.0. The van der Waals surface area contributed by atoms with Crippen LogP contribution in [0.25, 0.3) is 0 Å². The fraction of sp³-hybridized carbons (Fsp3) is 0.625. The van der Waals surface area contributed by atoms with Gasteiger partial charge in [0.05, 0.1) is 0 Å². The standard InChI is InChI=1S/C8H17N3/c1-7(2)5-9-6-10-11-8(3)4/h6-7,11H,3,5H2,1-2,4H3,(H,9,10). The van der Waals surface area contributed by atoms with Crippen molar-refractivity contribution in [3.63, 3.8) is 0 Å². The molecular weight excluding hydrogens is 138 g/mol. The Kier molecular flexibility index (Phi) is 5.25. The fourth-order valence-electron chi connectivity index (χ4n) is 0.477. The predicted octanol–water partition coefficient (Wildman–Crippen LogP) is 1.30. The van der Waals surface area contributed by atoms with Gasteiger partial charge in [0.2, 0.25) is 0 Å². The van der Waals surface area contributed by atoms with Gasteiger partial charge in [-0.25, -0.2) is 0 Å². The van der Waals surface area contributed by atoms with Crippen molar-refractivity contribution in [3.05, 3.63) is 12.3 Å². The minimum Gasteiger partial charge on any atom is -0.374 e. The molecule has 0 atom stereocenters. The van der Waals surface area contributed by atoms with E-state index < -0.39 is 0 Å². The highest BCUT2D eigenvalue weighted by molar-refractivity contribution is 5.53. The van der Waals surface area contributed by atoms with E-state index in [-0.39, 0.29) is 0 Å². The molecule has 3 heteroatoms. The fourth-order valence-corrected chi connectivity index (χ4v) is 0.477. The second-order valence-corrected chi connectivity index (χ2v) is 2.95. The van der Waals surface area contributed by atoms with E-state index in [1.54, 1.807) is 6.34 Å². The molecule has 0 fully saturated rings. The first-order valence-electron chi connectivity index (χ1n) is 3.79. The first-order chi connectivity index (χ1) is 5.13. The molecule has 0 radical (unpaired) electrons. The monoisotopic (exact) mass is 155 g/mol. The number of nitrogens with one attached hydrogen (secondary N) is 2. The van der Waals surface area contributed by atoms with Crippen molar-refractivity contribution in [2.45, 2.75) is 20.8 Å². The Hall–Kier alpha value is -0.990. The van der Waals surface area contributed by atoms with Gasteiger partial charge < -0.3 is 5.32 Å². The second-order valence-electron chi connectivity index (χ2n) is 2.95. The van der Waals surface area contributed by atoms with Crippen LogP contribution in [0, 0.1) is 5.92 Å². The number of rotatable bonds is 5. The van der Waals surface area contributed by atoms with Gasteiger partial charge >= 0.3 is 0 Å². The van der Waals surface area contributed by atoms with Crippen LogP contribution in [0.1, 0.15) is 20.8 Å². The summed E-state index contributed by atoms with van der Waals surface area (Å²) >= 11 is 0. The lowest BCUT2D eigenvalue weighted by Crippen LogP contribution is -2.19. The summed E-state index contributed by atoms with van der Waals surface area (Å²) in [6, 6.07) is 0. The van der Waals surface area contributed by atoms with E-state index in [1.807, 2.05) is 6.92 Å². The van der Waals surface area contributed by atoms with Gasteiger partial charge in [-0.15, -0.1) is 0 Å². The third-order valence-corrected chi connectivity index (χ3v) is 0.937. The third kappa shape index (κ3) is 9.01. The summed E-state index contributed by atoms with van der Waals surface area (Å²) in [7, 11) is 0. The van der Waals surface area contributed by atoms with E-state index in [2.05, 4.69) is 36.3 Å². The number of hydrogen-bond acceptors (Lipinski definition) is 2. The maximum absolute atomic E-state index is 3.86. The van der Waals surface area contributed by atoms with Gasteiger partial charge in [-0.05, 0) is 12.8 Å². The van der Waals surface area contributed by atoms with Crippen LogP contribution in [-0.2, 0) is 0 Å². The molecule has 0 saturated heterocycles. The van der Waals surface area contributed by atoms with E-state index in [9.17, 15) is 0 Å². The average molecular weight is 155 g/mol.